The van der Waals surface area contributed by atoms with Gasteiger partial charge in [0.05, 0.1) is 11.1 Å². The molecular weight excluding hydrogens is 236 g/mol. The van der Waals surface area contributed by atoms with Crippen LogP contribution in [0.15, 0.2) is 36.7 Å². The average molecular weight is 242 g/mol. The second-order valence-electron chi connectivity index (χ2n) is 3.18. The lowest BCUT2D eigenvalue weighted by atomic mass is 10.3. The number of hydrogen-bond donors (Lipinski definition) is 0. The number of nitro groups is 1. The molecule has 0 N–H and O–H groups in total. The van der Waals surface area contributed by atoms with Crippen molar-refractivity contribution in [2.75, 3.05) is 0 Å². The first-order valence-electron chi connectivity index (χ1n) is 4.84. The van der Waals surface area contributed by atoms with Crippen LogP contribution in [0.1, 0.15) is 5.69 Å². The molecule has 0 unspecified atom stereocenters. The monoisotopic (exact) mass is 242 g/mol. The molecule has 0 amide bonds. The van der Waals surface area contributed by atoms with Crippen LogP contribution >= 0.6 is 0 Å². The molecule has 0 saturated carbocycles. The molecule has 7 nitrogen and oxygen atoms in total. The summed E-state index contributed by atoms with van der Waals surface area (Å²) in [5.41, 5.74) is -0.641. The number of rotatable bonds is 3. The van der Waals surface area contributed by atoms with E-state index in [0.717, 1.165) is 0 Å². The fourth-order valence-corrected chi connectivity index (χ4v) is 1.25. The van der Waals surface area contributed by atoms with Crippen LogP contribution in [-0.4, -0.2) is 14.9 Å². The molecule has 0 aliphatic carbocycles. The van der Waals surface area contributed by atoms with Crippen molar-refractivity contribution in [2.24, 2.45) is 0 Å². The number of ether oxygens (including phenoxy) is 1. The molecule has 0 atom stereocenters. The summed E-state index contributed by atoms with van der Waals surface area (Å²) in [7, 11) is 0. The van der Waals surface area contributed by atoms with E-state index in [9.17, 15) is 10.1 Å². The highest BCUT2D eigenvalue weighted by atomic mass is 16.6. The summed E-state index contributed by atoms with van der Waals surface area (Å²) in [4.78, 5) is 17.5. The fourth-order valence-electron chi connectivity index (χ4n) is 1.25. The van der Waals surface area contributed by atoms with E-state index in [-0.39, 0.29) is 17.3 Å². The Kier molecular flexibility index (Phi) is 3.11. The SMILES string of the molecule is N#Cc1nc(Oc2cccnc2)ccc1[N+](=O)[O-]. The van der Waals surface area contributed by atoms with Gasteiger partial charge in [0, 0.05) is 18.3 Å². The number of nitriles is 1. The van der Waals surface area contributed by atoms with E-state index in [1.54, 1.807) is 24.4 Å². The fraction of sp³-hybridized carbons (Fsp3) is 0. The second-order valence-corrected chi connectivity index (χ2v) is 3.18. The molecule has 7 heteroatoms. The zero-order valence-electron chi connectivity index (χ0n) is 8.98. The molecule has 0 bridgehead atoms. The Bertz CT molecular complexity index is 622. The molecule has 0 radical (unpaired) electrons. The van der Waals surface area contributed by atoms with Gasteiger partial charge in [-0.2, -0.15) is 10.2 Å². The molecule has 2 rings (SSSR count). The maximum atomic E-state index is 10.6. The van der Waals surface area contributed by atoms with E-state index >= 15 is 0 Å². The Balaban J connectivity index is 2.32. The predicted molar refractivity (Wildman–Crippen MR) is 59.9 cm³/mol. The van der Waals surface area contributed by atoms with Crippen molar-refractivity contribution < 1.29 is 9.66 Å². The second kappa shape index (κ2) is 4.88. The van der Waals surface area contributed by atoms with Crippen molar-refractivity contribution in [1.29, 1.82) is 5.26 Å². The standard InChI is InChI=1S/C11H6N4O3/c12-6-9-10(15(16)17)3-4-11(14-9)18-8-2-1-5-13-7-8/h1-5,7H. The Morgan fingerprint density at radius 3 is 2.83 bits per heavy atom. The van der Waals surface area contributed by atoms with Crippen molar-refractivity contribution in [3.63, 3.8) is 0 Å². The Labute approximate surface area is 101 Å². The third kappa shape index (κ3) is 2.38. The minimum absolute atomic E-state index is 0.102. The Morgan fingerprint density at radius 1 is 1.39 bits per heavy atom. The summed E-state index contributed by atoms with van der Waals surface area (Å²) in [6, 6.07) is 7.49. The molecule has 2 aromatic heterocycles. The van der Waals surface area contributed by atoms with Crippen LogP contribution in [0.5, 0.6) is 11.6 Å². The van der Waals surface area contributed by atoms with Crippen molar-refractivity contribution in [2.45, 2.75) is 0 Å². The first-order valence-corrected chi connectivity index (χ1v) is 4.84. The minimum atomic E-state index is -0.667. The highest BCUT2D eigenvalue weighted by molar-refractivity contribution is 5.45. The van der Waals surface area contributed by atoms with Gasteiger partial charge in [-0.05, 0) is 12.1 Å². The van der Waals surface area contributed by atoms with Crippen molar-refractivity contribution >= 4 is 5.69 Å². The highest BCUT2D eigenvalue weighted by Crippen LogP contribution is 2.23. The maximum absolute atomic E-state index is 10.6. The largest absolute Gasteiger partial charge is 0.437 e. The van der Waals surface area contributed by atoms with Gasteiger partial charge in [-0.1, -0.05) is 0 Å². The van der Waals surface area contributed by atoms with Gasteiger partial charge in [0.1, 0.15) is 11.8 Å². The van der Waals surface area contributed by atoms with Crippen LogP contribution in [0, 0.1) is 21.4 Å². The smallest absolute Gasteiger partial charge is 0.305 e. The molecule has 88 valence electrons. The quantitative estimate of drug-likeness (QED) is 0.602. The van der Waals surface area contributed by atoms with E-state index in [1.165, 1.54) is 18.3 Å². The van der Waals surface area contributed by atoms with Crippen LogP contribution < -0.4 is 4.74 Å². The average Bonchev–Trinajstić information content (AvgIpc) is 2.39. The van der Waals surface area contributed by atoms with E-state index < -0.39 is 4.92 Å². The minimum Gasteiger partial charge on any atom is -0.437 e. The van der Waals surface area contributed by atoms with Gasteiger partial charge in [0.25, 0.3) is 0 Å². The van der Waals surface area contributed by atoms with Gasteiger partial charge in [-0.15, -0.1) is 0 Å². The molecule has 2 aromatic rings. The molecular formula is C11H6N4O3. The van der Waals surface area contributed by atoms with E-state index in [2.05, 4.69) is 9.97 Å². The van der Waals surface area contributed by atoms with Gasteiger partial charge in [0.15, 0.2) is 0 Å². The number of pyridine rings is 2. The topological polar surface area (TPSA) is 102 Å². The summed E-state index contributed by atoms with van der Waals surface area (Å²) in [6.45, 7) is 0. The van der Waals surface area contributed by atoms with Crippen LogP contribution in [-0.2, 0) is 0 Å². The number of aromatic nitrogens is 2. The number of nitrogens with zero attached hydrogens (tertiary/aromatic N) is 4. The first-order chi connectivity index (χ1) is 8.70. The molecule has 2 heterocycles. The van der Waals surface area contributed by atoms with Crippen LogP contribution in [0.25, 0.3) is 0 Å². The Hall–Kier alpha value is -3.01. The summed E-state index contributed by atoms with van der Waals surface area (Å²) in [5.74, 6) is 0.535. The summed E-state index contributed by atoms with van der Waals surface area (Å²) < 4.78 is 5.31. The Morgan fingerprint density at radius 2 is 2.22 bits per heavy atom. The van der Waals surface area contributed by atoms with Crippen molar-refractivity contribution in [3.05, 3.63) is 52.5 Å². The van der Waals surface area contributed by atoms with E-state index in [4.69, 9.17) is 10.00 Å². The zero-order valence-corrected chi connectivity index (χ0v) is 8.98. The number of hydrogen-bond acceptors (Lipinski definition) is 6. The van der Waals surface area contributed by atoms with Gasteiger partial charge >= 0.3 is 5.69 Å². The zero-order chi connectivity index (χ0) is 13.0. The van der Waals surface area contributed by atoms with Gasteiger partial charge < -0.3 is 4.74 Å². The third-order valence-corrected chi connectivity index (χ3v) is 2.01. The molecule has 0 aliphatic heterocycles. The normalized spacial score (nSPS) is 9.50. The van der Waals surface area contributed by atoms with Crippen molar-refractivity contribution in [3.8, 4) is 17.7 Å². The predicted octanol–water partition coefficient (Wildman–Crippen LogP) is 2.05. The third-order valence-electron chi connectivity index (χ3n) is 2.01. The first kappa shape index (κ1) is 11.5. The molecule has 0 fully saturated rings. The summed E-state index contributed by atoms with van der Waals surface area (Å²) in [5, 5.41) is 19.4. The maximum Gasteiger partial charge on any atom is 0.305 e. The summed E-state index contributed by atoms with van der Waals surface area (Å²) >= 11 is 0. The molecule has 0 saturated heterocycles. The molecule has 18 heavy (non-hydrogen) atoms. The van der Waals surface area contributed by atoms with Crippen molar-refractivity contribution in [1.82, 2.24) is 9.97 Å². The summed E-state index contributed by atoms with van der Waals surface area (Å²) in [6.07, 6.45) is 3.05. The molecule has 0 spiro atoms. The van der Waals surface area contributed by atoms with E-state index in [0.29, 0.717) is 5.75 Å². The highest BCUT2D eigenvalue weighted by Gasteiger charge is 2.16. The van der Waals surface area contributed by atoms with Crippen LogP contribution in [0.2, 0.25) is 0 Å². The lowest BCUT2D eigenvalue weighted by molar-refractivity contribution is -0.385. The molecule has 0 aromatic carbocycles. The van der Waals surface area contributed by atoms with Gasteiger partial charge in [-0.25, -0.2) is 0 Å². The lowest BCUT2D eigenvalue weighted by Gasteiger charge is -2.03. The van der Waals surface area contributed by atoms with E-state index in [1.807, 2.05) is 0 Å². The van der Waals surface area contributed by atoms with Crippen LogP contribution in [0.4, 0.5) is 5.69 Å². The van der Waals surface area contributed by atoms with Gasteiger partial charge in [-0.3, -0.25) is 15.1 Å². The van der Waals surface area contributed by atoms with Gasteiger partial charge in [0.2, 0.25) is 11.6 Å². The lowest BCUT2D eigenvalue weighted by Crippen LogP contribution is -1.97. The van der Waals surface area contributed by atoms with Crippen LogP contribution in [0.3, 0.4) is 0 Å². The molecule has 0 aliphatic rings.